The Morgan fingerprint density at radius 2 is 1.88 bits per heavy atom. The van der Waals surface area contributed by atoms with Crippen LogP contribution in [-0.2, 0) is 21.2 Å². The molecule has 40 heavy (non-hydrogen) atoms. The third-order valence-corrected chi connectivity index (χ3v) is 7.77. The number of aromatic nitrogens is 3. The molecule has 16 heteroatoms. The van der Waals surface area contributed by atoms with E-state index in [1.54, 1.807) is 18.2 Å². The van der Waals surface area contributed by atoms with Gasteiger partial charge < -0.3 is 15.2 Å². The summed E-state index contributed by atoms with van der Waals surface area (Å²) < 4.78 is 51.8. The first-order chi connectivity index (χ1) is 19.0. The van der Waals surface area contributed by atoms with Crippen molar-refractivity contribution in [3.8, 4) is 11.5 Å². The van der Waals surface area contributed by atoms with Crippen molar-refractivity contribution in [3.05, 3.63) is 87.7 Å². The molecule has 0 bridgehead atoms. The molecule has 0 fully saturated rings. The summed E-state index contributed by atoms with van der Waals surface area (Å²) in [7, 11) is -4.34. The fraction of sp³-hybridized carbons (Fsp3) is 0.125. The van der Waals surface area contributed by atoms with E-state index in [9.17, 15) is 22.4 Å². The highest BCUT2D eigenvalue weighted by molar-refractivity contribution is 7.93. The van der Waals surface area contributed by atoms with Crippen LogP contribution in [0.3, 0.4) is 0 Å². The molecule has 2 aromatic heterocycles. The average Bonchev–Trinajstić information content (AvgIpc) is 3.39. The van der Waals surface area contributed by atoms with Gasteiger partial charge in [0.15, 0.2) is 0 Å². The van der Waals surface area contributed by atoms with E-state index in [0.717, 1.165) is 30.0 Å². The Labute approximate surface area is 241 Å². The van der Waals surface area contributed by atoms with Crippen LogP contribution in [0.5, 0.6) is 11.5 Å². The third-order valence-electron chi connectivity index (χ3n) is 5.18. The standard InChI is InChI=1S/C24H18Cl2FN5O6S2/c25-15-1-2-19(14(9-15)7-13-3-5-28-18(8-13)23(35)29-6-4-22(33)34)38-20-11-17(27)21(10-16(20)26)40(36,37)32-24-30-12-31-39-24/h1-3,5,8-12H,4,6-7H2,(H,29,35)(H,33,34)(H,30,31,32). The molecule has 2 heterocycles. The molecular formula is C24H18Cl2FN5O6S2. The second-order valence-electron chi connectivity index (χ2n) is 8.04. The van der Waals surface area contributed by atoms with Gasteiger partial charge in [0, 0.05) is 47.3 Å². The average molecular weight is 626 g/mol. The molecule has 0 aliphatic carbocycles. The first kappa shape index (κ1) is 29.1. The Morgan fingerprint density at radius 1 is 1.07 bits per heavy atom. The molecule has 2 aromatic carbocycles. The zero-order valence-corrected chi connectivity index (χ0v) is 23.2. The maximum atomic E-state index is 14.9. The molecule has 0 aliphatic rings. The molecular weight excluding hydrogens is 608 g/mol. The number of carboxylic acid groups (broad SMARTS) is 1. The van der Waals surface area contributed by atoms with Crippen LogP contribution in [0, 0.1) is 5.82 Å². The van der Waals surface area contributed by atoms with Gasteiger partial charge in [-0.25, -0.2) is 17.8 Å². The lowest BCUT2D eigenvalue weighted by molar-refractivity contribution is -0.136. The number of amides is 1. The van der Waals surface area contributed by atoms with Crippen LogP contribution in [0.25, 0.3) is 0 Å². The number of nitrogens with zero attached hydrogens (tertiary/aromatic N) is 3. The maximum absolute atomic E-state index is 14.9. The quantitative estimate of drug-likeness (QED) is 0.213. The third kappa shape index (κ3) is 7.41. The highest BCUT2D eigenvalue weighted by Crippen LogP contribution is 2.36. The smallest absolute Gasteiger partial charge is 0.305 e. The van der Waals surface area contributed by atoms with Crippen molar-refractivity contribution in [1.82, 2.24) is 19.7 Å². The van der Waals surface area contributed by atoms with Gasteiger partial charge in [-0.3, -0.25) is 19.3 Å². The number of sulfonamides is 1. The van der Waals surface area contributed by atoms with Gasteiger partial charge in [0.05, 0.1) is 11.4 Å². The number of anilines is 1. The van der Waals surface area contributed by atoms with Crippen LogP contribution in [0.1, 0.15) is 28.0 Å². The predicted octanol–water partition coefficient (Wildman–Crippen LogP) is 4.77. The van der Waals surface area contributed by atoms with Crippen molar-refractivity contribution in [1.29, 1.82) is 0 Å². The molecule has 208 valence electrons. The van der Waals surface area contributed by atoms with E-state index in [1.165, 1.54) is 18.3 Å². The molecule has 0 unspecified atom stereocenters. The van der Waals surface area contributed by atoms with Crippen molar-refractivity contribution in [2.75, 3.05) is 11.3 Å². The number of pyridine rings is 1. The molecule has 3 N–H and O–H groups in total. The molecule has 0 saturated heterocycles. The van der Waals surface area contributed by atoms with Crippen LogP contribution < -0.4 is 14.8 Å². The molecule has 0 aliphatic heterocycles. The molecule has 0 saturated carbocycles. The highest BCUT2D eigenvalue weighted by Gasteiger charge is 2.24. The number of halogens is 3. The normalized spacial score (nSPS) is 11.2. The lowest BCUT2D eigenvalue weighted by Crippen LogP contribution is -2.26. The molecule has 0 radical (unpaired) electrons. The van der Waals surface area contributed by atoms with Crippen LogP contribution in [-0.4, -0.2) is 46.3 Å². The number of benzene rings is 2. The first-order valence-corrected chi connectivity index (χ1v) is 14.2. The van der Waals surface area contributed by atoms with Crippen molar-refractivity contribution >= 4 is 61.8 Å². The number of rotatable bonds is 11. The number of ether oxygens (including phenoxy) is 1. The molecule has 0 spiro atoms. The lowest BCUT2D eigenvalue weighted by Gasteiger charge is -2.15. The molecule has 4 aromatic rings. The summed E-state index contributed by atoms with van der Waals surface area (Å²) in [5.41, 5.74) is 1.27. The van der Waals surface area contributed by atoms with Gasteiger partial charge in [-0.15, -0.1) is 0 Å². The van der Waals surface area contributed by atoms with Crippen molar-refractivity contribution in [2.45, 2.75) is 17.7 Å². The van der Waals surface area contributed by atoms with E-state index in [2.05, 4.69) is 24.4 Å². The van der Waals surface area contributed by atoms with Gasteiger partial charge in [0.2, 0.25) is 5.13 Å². The Hall–Kier alpha value is -3.85. The number of hydrogen-bond donors (Lipinski definition) is 3. The van der Waals surface area contributed by atoms with E-state index in [1.807, 2.05) is 0 Å². The summed E-state index contributed by atoms with van der Waals surface area (Å²) >= 11 is 13.2. The SMILES string of the molecule is O=C(O)CCNC(=O)c1cc(Cc2cc(Cl)ccc2Oc2cc(F)c(S(=O)(=O)Nc3ncns3)cc2Cl)ccn1. The number of carboxylic acids is 1. The minimum Gasteiger partial charge on any atom is -0.481 e. The highest BCUT2D eigenvalue weighted by atomic mass is 35.5. The van der Waals surface area contributed by atoms with E-state index in [0.29, 0.717) is 16.1 Å². The lowest BCUT2D eigenvalue weighted by atomic mass is 10.0. The molecule has 4 rings (SSSR count). The largest absolute Gasteiger partial charge is 0.481 e. The monoisotopic (exact) mass is 625 g/mol. The summed E-state index contributed by atoms with van der Waals surface area (Å²) in [6, 6.07) is 9.65. The maximum Gasteiger partial charge on any atom is 0.305 e. The number of aliphatic carboxylic acids is 1. The van der Waals surface area contributed by atoms with Crippen LogP contribution in [0.15, 0.2) is 59.9 Å². The number of carbonyl (C=O) groups excluding carboxylic acids is 1. The van der Waals surface area contributed by atoms with E-state index in [4.69, 9.17) is 33.0 Å². The Balaban J connectivity index is 1.56. The van der Waals surface area contributed by atoms with Crippen LogP contribution >= 0.6 is 34.7 Å². The Bertz CT molecular complexity index is 1670. The fourth-order valence-corrected chi connectivity index (χ4v) is 5.60. The summed E-state index contributed by atoms with van der Waals surface area (Å²) in [4.78, 5) is 30.0. The number of nitrogens with one attached hydrogen (secondary N) is 2. The summed E-state index contributed by atoms with van der Waals surface area (Å²) in [6.45, 7) is -0.0536. The van der Waals surface area contributed by atoms with Gasteiger partial charge in [-0.05, 0) is 42.0 Å². The van der Waals surface area contributed by atoms with E-state index in [-0.39, 0.29) is 46.7 Å². The first-order valence-electron chi connectivity index (χ1n) is 11.2. The van der Waals surface area contributed by atoms with Crippen LogP contribution in [0.4, 0.5) is 9.52 Å². The minimum atomic E-state index is -4.34. The molecule has 1 amide bonds. The van der Waals surface area contributed by atoms with Crippen molar-refractivity contribution in [2.24, 2.45) is 0 Å². The zero-order valence-electron chi connectivity index (χ0n) is 20.1. The van der Waals surface area contributed by atoms with E-state index >= 15 is 0 Å². The van der Waals surface area contributed by atoms with E-state index < -0.39 is 32.6 Å². The van der Waals surface area contributed by atoms with Gasteiger partial charge in [-0.1, -0.05) is 23.2 Å². The molecule has 0 atom stereocenters. The summed E-state index contributed by atoms with van der Waals surface area (Å²) in [5, 5.41) is 11.4. The minimum absolute atomic E-state index is 0.0429. The van der Waals surface area contributed by atoms with Gasteiger partial charge in [0.25, 0.3) is 15.9 Å². The summed E-state index contributed by atoms with van der Waals surface area (Å²) in [6.07, 6.45) is 2.56. The summed E-state index contributed by atoms with van der Waals surface area (Å²) in [5.74, 6) is -2.59. The second kappa shape index (κ2) is 12.6. The predicted molar refractivity (Wildman–Crippen MR) is 145 cm³/mol. The molecule has 11 nitrogen and oxygen atoms in total. The number of carbonyl (C=O) groups is 2. The zero-order chi connectivity index (χ0) is 28.9. The Kier molecular flexibility index (Phi) is 9.14. The van der Waals surface area contributed by atoms with Crippen molar-refractivity contribution < 1.29 is 32.2 Å². The van der Waals surface area contributed by atoms with Crippen LogP contribution in [0.2, 0.25) is 10.0 Å². The fourth-order valence-electron chi connectivity index (χ4n) is 3.39. The van der Waals surface area contributed by atoms with Gasteiger partial charge >= 0.3 is 5.97 Å². The topological polar surface area (TPSA) is 160 Å². The van der Waals surface area contributed by atoms with Gasteiger partial charge in [0.1, 0.15) is 34.2 Å². The Morgan fingerprint density at radius 3 is 2.60 bits per heavy atom. The van der Waals surface area contributed by atoms with Crippen molar-refractivity contribution in [3.63, 3.8) is 0 Å². The number of hydrogen-bond acceptors (Lipinski definition) is 9. The second-order valence-corrected chi connectivity index (χ2v) is 11.3. The van der Waals surface area contributed by atoms with Gasteiger partial charge in [-0.2, -0.15) is 4.37 Å².